The molecule has 1 unspecified atom stereocenters. The van der Waals surface area contributed by atoms with Crippen molar-refractivity contribution >= 4 is 43.9 Å². The Balaban J connectivity index is 1.13. The molecule has 15 rings (SSSR count). The van der Waals surface area contributed by atoms with Crippen LogP contribution in [0.1, 0.15) is 87.5 Å². The lowest BCUT2D eigenvalue weighted by Gasteiger charge is -2.41. The maximum atomic E-state index is 15.4. The number of carbonyl (C=O) groups is 2. The van der Waals surface area contributed by atoms with Crippen LogP contribution in [-0.4, -0.2) is 11.6 Å². The second-order valence-electron chi connectivity index (χ2n) is 21.0. The molecule has 0 aromatic heterocycles. The zero-order valence-corrected chi connectivity index (χ0v) is 41.7. The third-order valence-corrected chi connectivity index (χ3v) is 17.4. The smallest absolute Gasteiger partial charge is 0.193 e. The Morgan fingerprint density at radius 1 is 0.413 bits per heavy atom. The molecule has 11 aromatic carbocycles. The van der Waals surface area contributed by atoms with E-state index in [-0.39, 0.29) is 11.6 Å². The van der Waals surface area contributed by atoms with Crippen LogP contribution in [-0.2, 0) is 17.3 Å². The van der Waals surface area contributed by atoms with Crippen molar-refractivity contribution in [1.82, 2.24) is 0 Å². The van der Waals surface area contributed by atoms with Crippen LogP contribution in [0.3, 0.4) is 0 Å². The summed E-state index contributed by atoms with van der Waals surface area (Å²) < 4.78 is 0. The van der Waals surface area contributed by atoms with E-state index in [2.05, 4.69) is 196 Å². The van der Waals surface area contributed by atoms with Crippen LogP contribution in [0.2, 0.25) is 0 Å². The lowest BCUT2D eigenvalue weighted by atomic mass is 9.60. The van der Waals surface area contributed by atoms with Gasteiger partial charge in [-0.2, -0.15) is 0 Å². The topological polar surface area (TPSA) is 34.1 Å². The number of hydrogen-bond donors (Lipinski definition) is 0. The quantitative estimate of drug-likeness (QED) is 0.165. The fourth-order valence-corrected chi connectivity index (χ4v) is 14.1. The molecule has 0 saturated heterocycles. The summed E-state index contributed by atoms with van der Waals surface area (Å²) in [4.78, 5) is 30.8. The van der Waals surface area contributed by atoms with Gasteiger partial charge in [0, 0.05) is 22.3 Å². The van der Waals surface area contributed by atoms with Gasteiger partial charge in [-0.3, -0.25) is 9.59 Å². The zero-order chi connectivity index (χ0) is 50.3. The predicted molar refractivity (Wildman–Crippen MR) is 307 cm³/mol. The molecule has 1 atom stereocenters. The lowest BCUT2D eigenvalue weighted by molar-refractivity contribution is 0.103. The fourth-order valence-electron chi connectivity index (χ4n) is 14.1. The number of fused-ring (bicyclic) bond motifs is 23. The van der Waals surface area contributed by atoms with Crippen LogP contribution in [0.5, 0.6) is 0 Å². The molecule has 0 amide bonds. The van der Waals surface area contributed by atoms with E-state index >= 15 is 9.59 Å². The summed E-state index contributed by atoms with van der Waals surface area (Å²) in [5.74, 6) is -0.0299. The Labute approximate surface area is 436 Å². The van der Waals surface area contributed by atoms with Crippen LogP contribution in [0.4, 0.5) is 0 Å². The molecule has 75 heavy (non-hydrogen) atoms. The summed E-state index contributed by atoms with van der Waals surface area (Å²) in [5, 5.41) is 6.25. The SMILES string of the molecule is C=C1/C=C\C=C/Cc2ccccc2C12c1cc(C(=O)c3cccc4ccccc34)ccc1-c1c2c2c(c3cc(C)c(C)cc13)-c1ccc(C(=O)c3cccc4ccccc34)cc1C21c2ccccc2-c2ccccc21. The maximum Gasteiger partial charge on any atom is 0.193 e. The molecule has 4 aliphatic rings. The third kappa shape index (κ3) is 5.69. The summed E-state index contributed by atoms with van der Waals surface area (Å²) >= 11 is 0. The van der Waals surface area contributed by atoms with Crippen LogP contribution < -0.4 is 0 Å². The van der Waals surface area contributed by atoms with Gasteiger partial charge in [0.1, 0.15) is 0 Å². The number of ketones is 2. The Morgan fingerprint density at radius 2 is 0.880 bits per heavy atom. The number of allylic oxidation sites excluding steroid dienone is 5. The highest BCUT2D eigenvalue weighted by atomic mass is 16.1. The third-order valence-electron chi connectivity index (χ3n) is 17.4. The summed E-state index contributed by atoms with van der Waals surface area (Å²) in [6.45, 7) is 9.64. The average Bonchev–Trinajstić information content (AvgIpc) is 4.07. The predicted octanol–water partition coefficient (Wildman–Crippen LogP) is 17.1. The largest absolute Gasteiger partial charge is 0.289 e. The molecule has 0 aliphatic heterocycles. The lowest BCUT2D eigenvalue weighted by Crippen LogP contribution is -2.35. The highest BCUT2D eigenvalue weighted by Crippen LogP contribution is 2.71. The number of benzene rings is 11. The van der Waals surface area contributed by atoms with Crippen molar-refractivity contribution in [3.8, 4) is 33.4 Å². The minimum Gasteiger partial charge on any atom is -0.289 e. The van der Waals surface area contributed by atoms with Crippen molar-refractivity contribution in [3.05, 3.63) is 321 Å². The monoisotopic (exact) mass is 956 g/mol. The number of carbonyl (C=O) groups excluding carboxylic acids is 2. The Morgan fingerprint density at radius 3 is 1.45 bits per heavy atom. The molecule has 0 saturated carbocycles. The summed E-state index contributed by atoms with van der Waals surface area (Å²) in [7, 11) is 0. The first-order chi connectivity index (χ1) is 36.8. The molecule has 352 valence electrons. The van der Waals surface area contributed by atoms with E-state index < -0.39 is 10.8 Å². The molecule has 2 spiro atoms. The minimum absolute atomic E-state index is 0.00898. The molecule has 0 heterocycles. The summed E-state index contributed by atoms with van der Waals surface area (Å²) in [6, 6.07) is 73.1. The molecular weight excluding hydrogens is 909 g/mol. The maximum absolute atomic E-state index is 15.4. The summed E-state index contributed by atoms with van der Waals surface area (Å²) in [6.07, 6.45) is 9.44. The van der Waals surface area contributed by atoms with E-state index in [1.165, 1.54) is 55.6 Å². The van der Waals surface area contributed by atoms with Crippen LogP contribution in [0.25, 0.3) is 65.7 Å². The van der Waals surface area contributed by atoms with Gasteiger partial charge in [-0.15, -0.1) is 0 Å². The first-order valence-electron chi connectivity index (χ1n) is 26.1. The van der Waals surface area contributed by atoms with E-state index in [0.29, 0.717) is 28.7 Å². The van der Waals surface area contributed by atoms with E-state index in [1.807, 2.05) is 48.5 Å². The molecule has 0 bridgehead atoms. The van der Waals surface area contributed by atoms with Gasteiger partial charge < -0.3 is 0 Å². The normalized spacial score (nSPS) is 16.9. The number of hydrogen-bond acceptors (Lipinski definition) is 2. The molecule has 2 nitrogen and oxygen atoms in total. The van der Waals surface area contributed by atoms with Crippen molar-refractivity contribution in [3.63, 3.8) is 0 Å². The van der Waals surface area contributed by atoms with Crippen molar-refractivity contribution in [2.45, 2.75) is 31.1 Å². The van der Waals surface area contributed by atoms with Gasteiger partial charge in [0.2, 0.25) is 0 Å². The van der Waals surface area contributed by atoms with E-state index in [4.69, 9.17) is 6.58 Å². The van der Waals surface area contributed by atoms with Crippen molar-refractivity contribution in [1.29, 1.82) is 0 Å². The fraction of sp³-hybridized carbons (Fsp3) is 0.0685. The van der Waals surface area contributed by atoms with Gasteiger partial charge in [0.05, 0.1) is 10.8 Å². The van der Waals surface area contributed by atoms with Gasteiger partial charge in [-0.25, -0.2) is 0 Å². The van der Waals surface area contributed by atoms with E-state index in [1.54, 1.807) is 0 Å². The van der Waals surface area contributed by atoms with Gasteiger partial charge >= 0.3 is 0 Å². The average molecular weight is 957 g/mol. The molecule has 2 heteroatoms. The van der Waals surface area contributed by atoms with E-state index in [0.717, 1.165) is 71.3 Å². The van der Waals surface area contributed by atoms with Crippen LogP contribution in [0.15, 0.2) is 243 Å². The van der Waals surface area contributed by atoms with Gasteiger partial charge in [0.25, 0.3) is 0 Å². The number of aryl methyl sites for hydroxylation is 2. The molecule has 0 radical (unpaired) electrons. The first-order valence-corrected chi connectivity index (χ1v) is 26.1. The highest BCUT2D eigenvalue weighted by molar-refractivity contribution is 6.21. The summed E-state index contributed by atoms with van der Waals surface area (Å²) in [5.41, 5.74) is 20.1. The zero-order valence-electron chi connectivity index (χ0n) is 41.7. The number of rotatable bonds is 4. The molecule has 4 aliphatic carbocycles. The molecule has 0 fully saturated rings. The molecule has 0 N–H and O–H groups in total. The van der Waals surface area contributed by atoms with Gasteiger partial charge in [-0.05, 0) is 159 Å². The Hall–Kier alpha value is -9.24. The second-order valence-corrected chi connectivity index (χ2v) is 21.0. The van der Waals surface area contributed by atoms with Gasteiger partial charge in [0.15, 0.2) is 11.6 Å². The minimum atomic E-state index is -1.00. The Bertz CT molecular complexity index is 4420. The first kappa shape index (κ1) is 43.4. The van der Waals surface area contributed by atoms with Crippen molar-refractivity contribution in [2.75, 3.05) is 0 Å². The van der Waals surface area contributed by atoms with Crippen molar-refractivity contribution < 1.29 is 9.59 Å². The van der Waals surface area contributed by atoms with Crippen LogP contribution in [0, 0.1) is 13.8 Å². The van der Waals surface area contributed by atoms with Crippen molar-refractivity contribution in [2.24, 2.45) is 0 Å². The van der Waals surface area contributed by atoms with E-state index in [9.17, 15) is 0 Å². The van der Waals surface area contributed by atoms with Gasteiger partial charge in [-0.1, -0.05) is 225 Å². The molecule has 11 aromatic rings. The molecular formula is C73H48O2. The Kier molecular flexibility index (Phi) is 9.18. The van der Waals surface area contributed by atoms with Crippen LogP contribution >= 0.6 is 0 Å². The standard InChI is InChI=1S/C73H48O2/c1-43-39-59-60(40-44(43)2)67-58-38-36-50(71(75)56-31-18-25-47-21-8-11-27-52(47)56)42-65(58)73(62-33-15-12-28-53(62)54-29-13-16-34-63(54)73)69(67)68-66(59)57-37-35-49(70(74)55-30-17-24-46-20-7-10-26-51(46)55)41-64(57)72(68)45(3)19-5-4-6-22-48-23-9-14-32-61(48)72/h4-21,23-42H,3,22H2,1-2H3/b6-4-,19-5-. The second kappa shape index (κ2) is 15.9. The highest BCUT2D eigenvalue weighted by Gasteiger charge is 2.59.